The molecule has 0 heterocycles. The lowest BCUT2D eigenvalue weighted by Gasteiger charge is -2.23. The van der Waals surface area contributed by atoms with Gasteiger partial charge in [-0.1, -0.05) is 42.5 Å². The second kappa shape index (κ2) is 10.2. The molecule has 0 bridgehead atoms. The van der Waals surface area contributed by atoms with Crippen molar-refractivity contribution in [2.24, 2.45) is 0 Å². The summed E-state index contributed by atoms with van der Waals surface area (Å²) in [6.45, 7) is 2.45. The van der Waals surface area contributed by atoms with E-state index in [0.29, 0.717) is 11.4 Å². The fourth-order valence-corrected chi connectivity index (χ4v) is 3.03. The maximum atomic E-state index is 13.3. The maximum Gasteiger partial charge on any atom is 0.326 e. The van der Waals surface area contributed by atoms with E-state index in [1.165, 1.54) is 29.2 Å². The number of aryl methyl sites for hydroxylation is 1. The molecule has 0 atom stereocenters. The van der Waals surface area contributed by atoms with Gasteiger partial charge in [-0.25, -0.2) is 9.18 Å². The minimum atomic E-state index is -0.381. The zero-order valence-corrected chi connectivity index (χ0v) is 16.8. The smallest absolute Gasteiger partial charge is 0.326 e. The Hall–Kier alpha value is -3.67. The van der Waals surface area contributed by atoms with Gasteiger partial charge in [0.2, 0.25) is 5.91 Å². The van der Waals surface area contributed by atoms with E-state index in [1.54, 1.807) is 6.07 Å². The Labute approximate surface area is 175 Å². The first kappa shape index (κ1) is 21.0. The fourth-order valence-electron chi connectivity index (χ4n) is 3.03. The van der Waals surface area contributed by atoms with Crippen LogP contribution in [0.2, 0.25) is 0 Å². The molecule has 3 aromatic rings. The van der Waals surface area contributed by atoms with Gasteiger partial charge in [-0.05, 0) is 54.4 Å². The molecule has 3 rings (SSSR count). The summed E-state index contributed by atoms with van der Waals surface area (Å²) in [7, 11) is 0. The third-order valence-corrected chi connectivity index (χ3v) is 4.52. The molecular weight excluding hydrogens is 381 g/mol. The molecule has 0 saturated heterocycles. The molecule has 6 heteroatoms. The number of benzene rings is 3. The van der Waals surface area contributed by atoms with Gasteiger partial charge >= 0.3 is 6.03 Å². The molecule has 3 amide bonds. The number of halogens is 1. The summed E-state index contributed by atoms with van der Waals surface area (Å²) in [6, 6.07) is 22.2. The lowest BCUT2D eigenvalue weighted by molar-refractivity contribution is -0.120. The fraction of sp³-hybridized carbons (Fsp3) is 0.167. The van der Waals surface area contributed by atoms with Crippen molar-refractivity contribution in [2.75, 3.05) is 23.3 Å². The van der Waals surface area contributed by atoms with Crippen molar-refractivity contribution in [3.05, 3.63) is 95.8 Å². The standard InChI is InChI=1S/C24H24FN3O2/c1-18-6-5-9-21(16-18)27-24(30)28(22-12-10-20(25)11-13-22)15-14-26-23(29)17-19-7-3-2-4-8-19/h2-13,16H,14-15,17H2,1H3,(H,26,29)(H,27,30). The minimum Gasteiger partial charge on any atom is -0.354 e. The molecule has 0 spiro atoms. The average molecular weight is 405 g/mol. The molecular formula is C24H24FN3O2. The highest BCUT2D eigenvalue weighted by Gasteiger charge is 2.16. The molecule has 0 aliphatic carbocycles. The number of hydrogen-bond donors (Lipinski definition) is 2. The van der Waals surface area contributed by atoms with Crippen molar-refractivity contribution < 1.29 is 14.0 Å². The monoisotopic (exact) mass is 405 g/mol. The van der Waals surface area contributed by atoms with Crippen LogP contribution in [0.4, 0.5) is 20.6 Å². The van der Waals surface area contributed by atoms with Crippen LogP contribution in [0, 0.1) is 12.7 Å². The predicted molar refractivity (Wildman–Crippen MR) is 117 cm³/mol. The van der Waals surface area contributed by atoms with Gasteiger partial charge in [0.15, 0.2) is 0 Å². The number of amides is 3. The summed E-state index contributed by atoms with van der Waals surface area (Å²) >= 11 is 0. The quantitative estimate of drug-likeness (QED) is 0.607. The highest BCUT2D eigenvalue weighted by Crippen LogP contribution is 2.17. The van der Waals surface area contributed by atoms with Gasteiger partial charge in [0.25, 0.3) is 0 Å². The van der Waals surface area contributed by atoms with Crippen LogP contribution in [0.1, 0.15) is 11.1 Å². The van der Waals surface area contributed by atoms with Gasteiger partial charge in [0.05, 0.1) is 6.42 Å². The Morgan fingerprint density at radius 3 is 2.37 bits per heavy atom. The number of nitrogens with one attached hydrogen (secondary N) is 2. The Bertz CT molecular complexity index is 991. The van der Waals surface area contributed by atoms with Crippen LogP contribution in [0.3, 0.4) is 0 Å². The molecule has 30 heavy (non-hydrogen) atoms. The Morgan fingerprint density at radius 1 is 0.933 bits per heavy atom. The van der Waals surface area contributed by atoms with E-state index >= 15 is 0 Å². The first-order valence-corrected chi connectivity index (χ1v) is 9.72. The number of carbonyl (C=O) groups is 2. The van der Waals surface area contributed by atoms with Crippen LogP contribution in [0.25, 0.3) is 0 Å². The van der Waals surface area contributed by atoms with E-state index in [9.17, 15) is 14.0 Å². The molecule has 0 fully saturated rings. The zero-order valence-electron chi connectivity index (χ0n) is 16.8. The molecule has 3 aromatic carbocycles. The minimum absolute atomic E-state index is 0.126. The summed E-state index contributed by atoms with van der Waals surface area (Å²) in [5.41, 5.74) is 3.15. The van der Waals surface area contributed by atoms with Gasteiger partial charge in [-0.15, -0.1) is 0 Å². The van der Waals surface area contributed by atoms with E-state index in [2.05, 4.69) is 10.6 Å². The van der Waals surface area contributed by atoms with Crippen molar-refractivity contribution >= 4 is 23.3 Å². The number of hydrogen-bond acceptors (Lipinski definition) is 2. The normalized spacial score (nSPS) is 10.3. The third kappa shape index (κ3) is 6.17. The van der Waals surface area contributed by atoms with Crippen LogP contribution in [-0.2, 0) is 11.2 Å². The SMILES string of the molecule is Cc1cccc(NC(=O)N(CCNC(=O)Cc2ccccc2)c2ccc(F)cc2)c1. The largest absolute Gasteiger partial charge is 0.354 e. The lowest BCUT2D eigenvalue weighted by atomic mass is 10.1. The molecule has 0 aromatic heterocycles. The Balaban J connectivity index is 1.64. The molecule has 0 saturated carbocycles. The van der Waals surface area contributed by atoms with Gasteiger partial charge < -0.3 is 10.6 Å². The summed E-state index contributed by atoms with van der Waals surface area (Å²) in [5, 5.41) is 5.69. The lowest BCUT2D eigenvalue weighted by Crippen LogP contribution is -2.41. The first-order chi connectivity index (χ1) is 14.5. The highest BCUT2D eigenvalue weighted by atomic mass is 19.1. The molecule has 154 valence electrons. The summed E-state index contributed by atoms with van der Waals surface area (Å²) < 4.78 is 13.3. The maximum absolute atomic E-state index is 13.3. The van der Waals surface area contributed by atoms with Gasteiger partial charge in [0, 0.05) is 24.5 Å². The van der Waals surface area contributed by atoms with Gasteiger partial charge in [-0.3, -0.25) is 9.69 Å². The molecule has 0 aliphatic heterocycles. The second-order valence-electron chi connectivity index (χ2n) is 6.94. The predicted octanol–water partition coefficient (Wildman–Crippen LogP) is 4.53. The number of anilines is 2. The van der Waals surface area contributed by atoms with E-state index in [0.717, 1.165) is 11.1 Å². The van der Waals surface area contributed by atoms with Gasteiger partial charge in [0.1, 0.15) is 5.82 Å². The van der Waals surface area contributed by atoms with Crippen molar-refractivity contribution in [1.29, 1.82) is 0 Å². The van der Waals surface area contributed by atoms with E-state index in [-0.39, 0.29) is 37.3 Å². The van der Waals surface area contributed by atoms with Crippen molar-refractivity contribution in [2.45, 2.75) is 13.3 Å². The summed E-state index contributed by atoms with van der Waals surface area (Å²) in [5.74, 6) is -0.506. The topological polar surface area (TPSA) is 61.4 Å². The summed E-state index contributed by atoms with van der Waals surface area (Å²) in [4.78, 5) is 26.6. The third-order valence-electron chi connectivity index (χ3n) is 4.52. The van der Waals surface area contributed by atoms with Crippen LogP contribution in [-0.4, -0.2) is 25.0 Å². The van der Waals surface area contributed by atoms with Crippen molar-refractivity contribution in [1.82, 2.24) is 5.32 Å². The zero-order chi connectivity index (χ0) is 21.3. The van der Waals surface area contributed by atoms with Crippen LogP contribution < -0.4 is 15.5 Å². The molecule has 0 unspecified atom stereocenters. The van der Waals surface area contributed by atoms with E-state index in [1.807, 2.05) is 55.5 Å². The number of nitrogens with zero attached hydrogens (tertiary/aromatic N) is 1. The second-order valence-corrected chi connectivity index (χ2v) is 6.94. The highest BCUT2D eigenvalue weighted by molar-refractivity contribution is 6.01. The number of carbonyl (C=O) groups excluding carboxylic acids is 2. The molecule has 2 N–H and O–H groups in total. The van der Waals surface area contributed by atoms with Crippen molar-refractivity contribution in [3.63, 3.8) is 0 Å². The molecule has 5 nitrogen and oxygen atoms in total. The van der Waals surface area contributed by atoms with Crippen LogP contribution >= 0.6 is 0 Å². The van der Waals surface area contributed by atoms with Crippen LogP contribution in [0.5, 0.6) is 0 Å². The number of rotatable bonds is 7. The summed E-state index contributed by atoms with van der Waals surface area (Å²) in [6.07, 6.45) is 0.271. The number of urea groups is 1. The van der Waals surface area contributed by atoms with Gasteiger partial charge in [-0.2, -0.15) is 0 Å². The van der Waals surface area contributed by atoms with E-state index in [4.69, 9.17) is 0 Å². The first-order valence-electron chi connectivity index (χ1n) is 9.72. The Morgan fingerprint density at radius 2 is 1.67 bits per heavy atom. The van der Waals surface area contributed by atoms with E-state index < -0.39 is 0 Å². The molecule has 0 radical (unpaired) electrons. The molecule has 0 aliphatic rings. The van der Waals surface area contributed by atoms with Crippen molar-refractivity contribution in [3.8, 4) is 0 Å². The van der Waals surface area contributed by atoms with Crippen LogP contribution in [0.15, 0.2) is 78.9 Å². The Kier molecular flexibility index (Phi) is 7.16. The average Bonchev–Trinajstić information content (AvgIpc) is 2.73.